The molecule has 1 saturated carbocycles. The predicted octanol–water partition coefficient (Wildman–Crippen LogP) is 4.87. The Morgan fingerprint density at radius 2 is 1.84 bits per heavy atom. The van der Waals surface area contributed by atoms with Gasteiger partial charge in [0.1, 0.15) is 5.75 Å². The normalized spacial score (nSPS) is 18.1. The minimum atomic E-state index is -0.00773. The van der Waals surface area contributed by atoms with Crippen LogP contribution in [0.25, 0.3) is 0 Å². The van der Waals surface area contributed by atoms with Crippen LogP contribution in [0.1, 0.15) is 66.9 Å². The molecule has 0 saturated heterocycles. The van der Waals surface area contributed by atoms with Gasteiger partial charge < -0.3 is 15.0 Å². The van der Waals surface area contributed by atoms with Gasteiger partial charge in [-0.1, -0.05) is 37.8 Å². The number of benzene rings is 2. The van der Waals surface area contributed by atoms with Crippen LogP contribution in [0.5, 0.6) is 5.75 Å². The fraction of sp³-hybridized carbons (Fsp3) is 0.462. The Labute approximate surface area is 184 Å². The summed E-state index contributed by atoms with van der Waals surface area (Å²) in [7, 11) is 1.62. The van der Waals surface area contributed by atoms with E-state index in [4.69, 9.17) is 4.74 Å². The maximum absolute atomic E-state index is 13.2. The first-order chi connectivity index (χ1) is 15.0. The van der Waals surface area contributed by atoms with Gasteiger partial charge in [-0.05, 0) is 67.1 Å². The summed E-state index contributed by atoms with van der Waals surface area (Å²) < 4.78 is 5.20. The molecule has 5 nitrogen and oxygen atoms in total. The summed E-state index contributed by atoms with van der Waals surface area (Å²) in [6.45, 7) is 2.57. The third kappa shape index (κ3) is 4.92. The van der Waals surface area contributed by atoms with Crippen LogP contribution in [0.15, 0.2) is 42.5 Å². The maximum atomic E-state index is 13.2. The molecule has 1 heterocycles. The van der Waals surface area contributed by atoms with Crippen molar-refractivity contribution in [3.8, 4) is 5.75 Å². The molecule has 4 rings (SSSR count). The number of nitrogens with zero attached hydrogens (tertiary/aromatic N) is 1. The van der Waals surface area contributed by atoms with Crippen LogP contribution >= 0.6 is 0 Å². The lowest BCUT2D eigenvalue weighted by Gasteiger charge is -2.23. The Hall–Kier alpha value is -2.82. The predicted molar refractivity (Wildman–Crippen MR) is 122 cm³/mol. The van der Waals surface area contributed by atoms with Gasteiger partial charge in [0.2, 0.25) is 5.91 Å². The molecule has 5 heteroatoms. The highest BCUT2D eigenvalue weighted by atomic mass is 16.5. The number of fused-ring (bicyclic) bond motifs is 1. The Morgan fingerprint density at radius 1 is 1.10 bits per heavy atom. The summed E-state index contributed by atoms with van der Waals surface area (Å²) in [6, 6.07) is 13.5. The minimum Gasteiger partial charge on any atom is -0.497 e. The van der Waals surface area contributed by atoms with Gasteiger partial charge in [0, 0.05) is 30.3 Å². The molecule has 164 valence electrons. The number of methoxy groups -OCH3 is 1. The van der Waals surface area contributed by atoms with Crippen molar-refractivity contribution in [1.82, 2.24) is 5.32 Å². The van der Waals surface area contributed by atoms with Crippen LogP contribution in [0.3, 0.4) is 0 Å². The summed E-state index contributed by atoms with van der Waals surface area (Å²) in [4.78, 5) is 27.4. The van der Waals surface area contributed by atoms with Crippen molar-refractivity contribution in [3.05, 3.63) is 59.2 Å². The molecule has 2 amide bonds. The molecule has 1 N–H and O–H groups in total. The summed E-state index contributed by atoms with van der Waals surface area (Å²) in [5, 5.41) is 3.06. The summed E-state index contributed by atoms with van der Waals surface area (Å²) >= 11 is 0. The first-order valence-corrected chi connectivity index (χ1v) is 11.4. The summed E-state index contributed by atoms with van der Waals surface area (Å²) in [6.07, 6.45) is 7.61. The Kier molecular flexibility index (Phi) is 6.59. The molecule has 31 heavy (non-hydrogen) atoms. The fourth-order valence-corrected chi connectivity index (χ4v) is 4.87. The van der Waals surface area contributed by atoms with Crippen molar-refractivity contribution >= 4 is 17.5 Å². The van der Waals surface area contributed by atoms with E-state index in [2.05, 4.69) is 30.4 Å². The van der Waals surface area contributed by atoms with Gasteiger partial charge in [0.25, 0.3) is 5.91 Å². The number of amides is 2. The number of hydrogen-bond acceptors (Lipinski definition) is 3. The average Bonchev–Trinajstić information content (AvgIpc) is 3.42. The lowest BCUT2D eigenvalue weighted by molar-refractivity contribution is -0.121. The highest BCUT2D eigenvalue weighted by Gasteiger charge is 2.31. The number of hydrogen-bond donors (Lipinski definition) is 1. The van der Waals surface area contributed by atoms with Gasteiger partial charge in [-0.3, -0.25) is 9.59 Å². The zero-order chi connectivity index (χ0) is 21.8. The van der Waals surface area contributed by atoms with Gasteiger partial charge in [0.05, 0.1) is 7.11 Å². The molecule has 0 unspecified atom stereocenters. The first-order valence-electron chi connectivity index (χ1n) is 11.4. The fourth-order valence-electron chi connectivity index (χ4n) is 4.87. The van der Waals surface area contributed by atoms with Crippen molar-refractivity contribution in [3.63, 3.8) is 0 Å². The molecule has 2 aromatic rings. The van der Waals surface area contributed by atoms with Crippen molar-refractivity contribution < 1.29 is 14.3 Å². The zero-order valence-electron chi connectivity index (χ0n) is 18.5. The van der Waals surface area contributed by atoms with Crippen molar-refractivity contribution in [2.75, 3.05) is 12.0 Å². The Bertz CT molecular complexity index is 932. The monoisotopic (exact) mass is 420 g/mol. The van der Waals surface area contributed by atoms with E-state index in [0.717, 1.165) is 35.8 Å². The van der Waals surface area contributed by atoms with E-state index in [1.54, 1.807) is 19.2 Å². The number of carbonyl (C=O) groups excluding carboxylic acids is 2. The first kappa shape index (κ1) is 21.4. The van der Waals surface area contributed by atoms with Gasteiger partial charge in [-0.25, -0.2) is 0 Å². The SMILES string of the molecule is COc1ccc(C(=O)N2c3cc(CNC(=O)CCC4CCCC4)ccc3C[C@@H]2C)cc1. The molecule has 1 aliphatic carbocycles. The van der Waals surface area contributed by atoms with E-state index in [1.165, 1.54) is 31.2 Å². The van der Waals surface area contributed by atoms with Crippen LogP contribution in [0.4, 0.5) is 5.69 Å². The third-order valence-corrected chi connectivity index (χ3v) is 6.67. The number of ether oxygens (including phenoxy) is 1. The van der Waals surface area contributed by atoms with Crippen LogP contribution in [0, 0.1) is 5.92 Å². The molecular formula is C26H32N2O3. The van der Waals surface area contributed by atoms with Crippen molar-refractivity contribution in [2.24, 2.45) is 5.92 Å². The largest absolute Gasteiger partial charge is 0.497 e. The van der Waals surface area contributed by atoms with Crippen molar-refractivity contribution in [2.45, 2.75) is 64.5 Å². The smallest absolute Gasteiger partial charge is 0.258 e. The lowest BCUT2D eigenvalue weighted by Crippen LogP contribution is -2.35. The number of anilines is 1. The maximum Gasteiger partial charge on any atom is 0.258 e. The highest BCUT2D eigenvalue weighted by molar-refractivity contribution is 6.07. The highest BCUT2D eigenvalue weighted by Crippen LogP contribution is 2.34. The van der Waals surface area contributed by atoms with Gasteiger partial charge >= 0.3 is 0 Å². The second kappa shape index (κ2) is 9.54. The van der Waals surface area contributed by atoms with Crippen LogP contribution in [-0.4, -0.2) is 25.0 Å². The second-order valence-corrected chi connectivity index (χ2v) is 8.89. The van der Waals surface area contributed by atoms with Crippen LogP contribution in [0.2, 0.25) is 0 Å². The molecule has 0 spiro atoms. The number of carbonyl (C=O) groups is 2. The van der Waals surface area contributed by atoms with E-state index in [-0.39, 0.29) is 17.9 Å². The van der Waals surface area contributed by atoms with Crippen LogP contribution < -0.4 is 15.0 Å². The van der Waals surface area contributed by atoms with Crippen molar-refractivity contribution in [1.29, 1.82) is 0 Å². The number of nitrogens with one attached hydrogen (secondary N) is 1. The third-order valence-electron chi connectivity index (χ3n) is 6.67. The van der Waals surface area contributed by atoms with Gasteiger partial charge in [-0.15, -0.1) is 0 Å². The minimum absolute atomic E-state index is 0.00773. The summed E-state index contributed by atoms with van der Waals surface area (Å²) in [5.74, 6) is 1.57. The van der Waals surface area contributed by atoms with E-state index in [0.29, 0.717) is 18.5 Å². The molecule has 1 atom stereocenters. The zero-order valence-corrected chi connectivity index (χ0v) is 18.5. The molecule has 0 radical (unpaired) electrons. The molecule has 1 aliphatic heterocycles. The topological polar surface area (TPSA) is 58.6 Å². The van der Waals surface area contributed by atoms with E-state index in [1.807, 2.05) is 17.0 Å². The molecule has 0 aromatic heterocycles. The van der Waals surface area contributed by atoms with E-state index < -0.39 is 0 Å². The molecule has 2 aliphatic rings. The molecule has 2 aromatic carbocycles. The van der Waals surface area contributed by atoms with E-state index >= 15 is 0 Å². The molecule has 0 bridgehead atoms. The van der Waals surface area contributed by atoms with Gasteiger partial charge in [-0.2, -0.15) is 0 Å². The Morgan fingerprint density at radius 3 is 2.55 bits per heavy atom. The standard InChI is InChI=1S/C26H32N2O3/c1-18-15-22-9-7-20(17-27-25(29)14-8-19-5-3-4-6-19)16-24(22)28(18)26(30)21-10-12-23(31-2)13-11-21/h7,9-13,16,18-19H,3-6,8,14-15,17H2,1-2H3,(H,27,29)/t18-/m0/s1. The lowest BCUT2D eigenvalue weighted by atomic mass is 10.0. The Balaban J connectivity index is 1.41. The van der Waals surface area contributed by atoms with E-state index in [9.17, 15) is 9.59 Å². The molecular weight excluding hydrogens is 388 g/mol. The van der Waals surface area contributed by atoms with Gasteiger partial charge in [0.15, 0.2) is 0 Å². The summed E-state index contributed by atoms with van der Waals surface area (Å²) in [5.41, 5.74) is 3.79. The second-order valence-electron chi connectivity index (χ2n) is 8.89. The molecule has 1 fully saturated rings. The number of rotatable bonds is 7. The van der Waals surface area contributed by atoms with Crippen LogP contribution in [-0.2, 0) is 17.8 Å². The average molecular weight is 421 g/mol. The quantitative estimate of drug-likeness (QED) is 0.695.